The van der Waals surface area contributed by atoms with Crippen LogP contribution in [0.15, 0.2) is 42.5 Å². The summed E-state index contributed by atoms with van der Waals surface area (Å²) in [5.41, 5.74) is 1.99. The maximum atomic E-state index is 12.5. The number of hydrogen-bond acceptors (Lipinski definition) is 4. The minimum Gasteiger partial charge on any atom is -0.496 e. The Balaban J connectivity index is 1.58. The number of fused-ring (bicyclic) bond motifs is 1. The molecule has 0 spiro atoms. The van der Waals surface area contributed by atoms with Crippen LogP contribution in [0.2, 0.25) is 0 Å². The molecular weight excluding hydrogens is 318 g/mol. The van der Waals surface area contributed by atoms with Crippen LogP contribution < -0.4 is 14.2 Å². The summed E-state index contributed by atoms with van der Waals surface area (Å²) in [7, 11) is 3.43. The van der Waals surface area contributed by atoms with Crippen LogP contribution in [0.4, 0.5) is 0 Å². The third-order valence-corrected chi connectivity index (χ3v) is 4.30. The zero-order valence-corrected chi connectivity index (χ0v) is 14.8. The van der Waals surface area contributed by atoms with Crippen molar-refractivity contribution in [2.45, 2.75) is 19.4 Å². The number of ether oxygens (including phenoxy) is 3. The molecule has 1 atom stereocenters. The Morgan fingerprint density at radius 3 is 2.76 bits per heavy atom. The molecule has 0 radical (unpaired) electrons. The van der Waals surface area contributed by atoms with E-state index in [1.165, 1.54) is 0 Å². The van der Waals surface area contributed by atoms with Gasteiger partial charge in [0.25, 0.3) is 0 Å². The summed E-state index contributed by atoms with van der Waals surface area (Å²) in [6.45, 7) is 2.90. The van der Waals surface area contributed by atoms with Gasteiger partial charge in [0.1, 0.15) is 12.4 Å². The zero-order valence-electron chi connectivity index (χ0n) is 14.8. The Hall–Kier alpha value is -2.69. The molecule has 0 N–H and O–H groups in total. The molecule has 3 rings (SSSR count). The highest BCUT2D eigenvalue weighted by molar-refractivity contribution is 5.78. The molecule has 1 aliphatic heterocycles. The first-order chi connectivity index (χ1) is 12.1. The Labute approximate surface area is 148 Å². The third kappa shape index (κ3) is 4.05. The van der Waals surface area contributed by atoms with E-state index >= 15 is 0 Å². The smallest absolute Gasteiger partial charge is 0.226 e. The molecular formula is C20H23NO4. The van der Waals surface area contributed by atoms with Crippen molar-refractivity contribution in [2.75, 3.05) is 27.3 Å². The molecule has 1 amide bonds. The van der Waals surface area contributed by atoms with E-state index in [2.05, 4.69) is 0 Å². The van der Waals surface area contributed by atoms with E-state index in [1.807, 2.05) is 49.4 Å². The number of amides is 1. The number of carbonyl (C=O) groups is 1. The summed E-state index contributed by atoms with van der Waals surface area (Å²) in [4.78, 5) is 14.2. The standard InChI is InChI=1S/C20H23NO4/c1-14-8-9-15(10-19(14)23-3)11-20(22)21(2)12-16-13-24-17-6-4-5-7-18(17)25-16/h4-10,16H,11-13H2,1-3H3. The number of carbonyl (C=O) groups excluding carboxylic acids is 1. The van der Waals surface area contributed by atoms with Crippen molar-refractivity contribution in [1.82, 2.24) is 4.90 Å². The second kappa shape index (κ2) is 7.47. The summed E-state index contributed by atoms with van der Waals surface area (Å²) >= 11 is 0. The van der Waals surface area contributed by atoms with E-state index in [1.54, 1.807) is 19.1 Å². The lowest BCUT2D eigenvalue weighted by Gasteiger charge is -2.29. The van der Waals surface area contributed by atoms with Gasteiger partial charge in [-0.25, -0.2) is 0 Å². The normalized spacial score (nSPS) is 15.6. The molecule has 0 saturated heterocycles. The molecule has 1 heterocycles. The van der Waals surface area contributed by atoms with Gasteiger partial charge in [0.2, 0.25) is 5.91 Å². The Morgan fingerprint density at radius 1 is 1.24 bits per heavy atom. The lowest BCUT2D eigenvalue weighted by molar-refractivity contribution is -0.130. The lowest BCUT2D eigenvalue weighted by atomic mass is 10.1. The molecule has 1 aliphatic rings. The molecule has 0 fully saturated rings. The average molecular weight is 341 g/mol. The highest BCUT2D eigenvalue weighted by Crippen LogP contribution is 2.31. The molecule has 0 bridgehead atoms. The van der Waals surface area contributed by atoms with Gasteiger partial charge < -0.3 is 19.1 Å². The molecule has 2 aromatic carbocycles. The van der Waals surface area contributed by atoms with Crippen molar-refractivity contribution in [3.63, 3.8) is 0 Å². The molecule has 2 aromatic rings. The molecule has 132 valence electrons. The molecule has 25 heavy (non-hydrogen) atoms. The largest absolute Gasteiger partial charge is 0.496 e. The number of benzene rings is 2. The zero-order chi connectivity index (χ0) is 17.8. The first kappa shape index (κ1) is 17.1. The number of likely N-dealkylation sites (N-methyl/N-ethyl adjacent to an activating group) is 1. The molecule has 0 aliphatic carbocycles. The first-order valence-corrected chi connectivity index (χ1v) is 8.33. The summed E-state index contributed by atoms with van der Waals surface area (Å²) < 4.78 is 16.9. The predicted octanol–water partition coefficient (Wildman–Crippen LogP) is 2.84. The summed E-state index contributed by atoms with van der Waals surface area (Å²) in [6.07, 6.45) is 0.161. The highest BCUT2D eigenvalue weighted by Gasteiger charge is 2.23. The fourth-order valence-corrected chi connectivity index (χ4v) is 2.84. The van der Waals surface area contributed by atoms with E-state index in [9.17, 15) is 4.79 Å². The van der Waals surface area contributed by atoms with E-state index in [0.29, 0.717) is 19.6 Å². The van der Waals surface area contributed by atoms with E-state index in [-0.39, 0.29) is 12.0 Å². The van der Waals surface area contributed by atoms with Gasteiger partial charge in [-0.3, -0.25) is 4.79 Å². The van der Waals surface area contributed by atoms with Crippen molar-refractivity contribution in [1.29, 1.82) is 0 Å². The maximum Gasteiger partial charge on any atom is 0.226 e. The van der Waals surface area contributed by atoms with E-state index in [4.69, 9.17) is 14.2 Å². The van der Waals surface area contributed by atoms with Crippen molar-refractivity contribution in [2.24, 2.45) is 0 Å². The van der Waals surface area contributed by atoms with Crippen LogP contribution in [-0.4, -0.2) is 44.2 Å². The number of hydrogen-bond donors (Lipinski definition) is 0. The van der Waals surface area contributed by atoms with Gasteiger partial charge >= 0.3 is 0 Å². The first-order valence-electron chi connectivity index (χ1n) is 8.33. The van der Waals surface area contributed by atoms with Crippen LogP contribution in [0.25, 0.3) is 0 Å². The van der Waals surface area contributed by atoms with E-state index in [0.717, 1.165) is 28.4 Å². The van der Waals surface area contributed by atoms with Gasteiger partial charge in [0.15, 0.2) is 17.6 Å². The molecule has 1 unspecified atom stereocenters. The molecule has 5 nitrogen and oxygen atoms in total. The SMILES string of the molecule is COc1cc(CC(=O)N(C)CC2COc3ccccc3O2)ccc1C. The maximum absolute atomic E-state index is 12.5. The lowest BCUT2D eigenvalue weighted by Crippen LogP contribution is -2.42. The fourth-order valence-electron chi connectivity index (χ4n) is 2.84. The Kier molecular flexibility index (Phi) is 5.12. The van der Waals surface area contributed by atoms with Gasteiger partial charge in [-0.15, -0.1) is 0 Å². The Morgan fingerprint density at radius 2 is 2.00 bits per heavy atom. The summed E-state index contributed by atoms with van der Waals surface area (Å²) in [5, 5.41) is 0. The fraction of sp³-hybridized carbons (Fsp3) is 0.350. The van der Waals surface area contributed by atoms with Crippen LogP contribution in [0.3, 0.4) is 0 Å². The quantitative estimate of drug-likeness (QED) is 0.839. The summed E-state index contributed by atoms with van der Waals surface area (Å²) in [6, 6.07) is 13.4. The molecule has 0 saturated carbocycles. The number of rotatable bonds is 5. The van der Waals surface area contributed by atoms with Gasteiger partial charge in [-0.05, 0) is 36.2 Å². The van der Waals surface area contributed by atoms with Crippen LogP contribution in [-0.2, 0) is 11.2 Å². The van der Waals surface area contributed by atoms with Crippen molar-refractivity contribution < 1.29 is 19.0 Å². The predicted molar refractivity (Wildman–Crippen MR) is 95.4 cm³/mol. The minimum absolute atomic E-state index is 0.0355. The van der Waals surface area contributed by atoms with Crippen LogP contribution in [0, 0.1) is 6.92 Å². The summed E-state index contributed by atoms with van der Waals surface area (Å²) in [5.74, 6) is 2.31. The second-order valence-corrected chi connectivity index (χ2v) is 6.25. The monoisotopic (exact) mass is 341 g/mol. The topological polar surface area (TPSA) is 48.0 Å². The van der Waals surface area contributed by atoms with Gasteiger partial charge in [-0.1, -0.05) is 24.3 Å². The third-order valence-electron chi connectivity index (χ3n) is 4.30. The number of nitrogens with zero attached hydrogens (tertiary/aromatic N) is 1. The molecule has 0 aromatic heterocycles. The molecule has 5 heteroatoms. The minimum atomic E-state index is -0.170. The van der Waals surface area contributed by atoms with Gasteiger partial charge in [-0.2, -0.15) is 0 Å². The average Bonchev–Trinajstić information content (AvgIpc) is 2.63. The van der Waals surface area contributed by atoms with Gasteiger partial charge in [0.05, 0.1) is 20.1 Å². The number of methoxy groups -OCH3 is 1. The number of para-hydroxylation sites is 2. The van der Waals surface area contributed by atoms with Gasteiger partial charge in [0, 0.05) is 7.05 Å². The second-order valence-electron chi connectivity index (χ2n) is 6.25. The van der Waals surface area contributed by atoms with Crippen LogP contribution >= 0.6 is 0 Å². The van der Waals surface area contributed by atoms with Crippen LogP contribution in [0.1, 0.15) is 11.1 Å². The van der Waals surface area contributed by atoms with Crippen molar-refractivity contribution in [3.8, 4) is 17.2 Å². The van der Waals surface area contributed by atoms with Crippen molar-refractivity contribution >= 4 is 5.91 Å². The Bertz CT molecular complexity index is 759. The number of aryl methyl sites for hydroxylation is 1. The van der Waals surface area contributed by atoms with Crippen LogP contribution in [0.5, 0.6) is 17.2 Å². The van der Waals surface area contributed by atoms with Crippen molar-refractivity contribution in [3.05, 3.63) is 53.6 Å². The van der Waals surface area contributed by atoms with E-state index < -0.39 is 0 Å². The highest BCUT2D eigenvalue weighted by atomic mass is 16.6.